The molecule has 2 heterocycles. The first-order valence-electron chi connectivity index (χ1n) is 11.8. The molecule has 1 aliphatic rings. The van der Waals surface area contributed by atoms with Crippen molar-refractivity contribution in [1.82, 2.24) is 0 Å². The Labute approximate surface area is 210 Å². The summed E-state index contributed by atoms with van der Waals surface area (Å²) >= 11 is 0. The Bertz CT molecular complexity index is 1580. The number of hydrogen-bond donors (Lipinski definition) is 0. The molecular formula is C31H26NO4+. The third-order valence-corrected chi connectivity index (χ3v) is 6.68. The SMILES string of the molecule is COc1ccc2cc(-c3cc4c(c(-c5ccc(-c6ccccc6)cc5)c3)OCO4)[n+](C)cc2c1OC. The zero-order chi connectivity index (χ0) is 24.6. The fourth-order valence-electron chi connectivity index (χ4n) is 4.87. The standard InChI is InChI=1S/C31H26NO4/c1-32-18-26-23(13-14-28(33-2)30(26)34-3)16-27(32)24-15-25(31-29(17-24)35-19-36-31)22-11-9-21(10-12-22)20-7-5-4-6-8-20/h4-18H,19H2,1-3H3/q+1. The first-order chi connectivity index (χ1) is 17.7. The fraction of sp³-hybridized carbons (Fsp3) is 0.129. The fourth-order valence-corrected chi connectivity index (χ4v) is 4.87. The molecule has 5 aromatic rings. The Morgan fingerprint density at radius 3 is 2.22 bits per heavy atom. The predicted molar refractivity (Wildman–Crippen MR) is 141 cm³/mol. The van der Waals surface area contributed by atoms with E-state index in [0.29, 0.717) is 5.75 Å². The first-order valence-corrected chi connectivity index (χ1v) is 11.8. The minimum absolute atomic E-state index is 0.217. The van der Waals surface area contributed by atoms with Crippen molar-refractivity contribution in [3.8, 4) is 56.5 Å². The number of methoxy groups -OCH3 is 2. The molecule has 0 saturated heterocycles. The third kappa shape index (κ3) is 3.69. The molecule has 5 heteroatoms. The minimum Gasteiger partial charge on any atom is -0.493 e. The zero-order valence-electron chi connectivity index (χ0n) is 20.4. The van der Waals surface area contributed by atoms with E-state index in [1.807, 2.05) is 25.2 Å². The largest absolute Gasteiger partial charge is 0.493 e. The van der Waals surface area contributed by atoms with Gasteiger partial charge in [0.05, 0.1) is 25.2 Å². The summed E-state index contributed by atoms with van der Waals surface area (Å²) in [5.74, 6) is 2.97. The number of rotatable bonds is 5. The molecule has 0 radical (unpaired) electrons. The van der Waals surface area contributed by atoms with Crippen LogP contribution in [0.1, 0.15) is 0 Å². The average Bonchev–Trinajstić information content (AvgIpc) is 3.41. The van der Waals surface area contributed by atoms with Gasteiger partial charge in [-0.3, -0.25) is 0 Å². The molecule has 0 saturated carbocycles. The summed E-state index contributed by atoms with van der Waals surface area (Å²) in [7, 11) is 5.35. The van der Waals surface area contributed by atoms with E-state index in [0.717, 1.165) is 50.4 Å². The van der Waals surface area contributed by atoms with Crippen LogP contribution < -0.4 is 23.5 Å². The molecule has 0 unspecified atom stereocenters. The van der Waals surface area contributed by atoms with Crippen LogP contribution in [0.25, 0.3) is 44.3 Å². The maximum atomic E-state index is 5.89. The van der Waals surface area contributed by atoms with E-state index < -0.39 is 0 Å². The van der Waals surface area contributed by atoms with Gasteiger partial charge in [0.25, 0.3) is 0 Å². The minimum atomic E-state index is 0.217. The Hall–Kier alpha value is -4.51. The van der Waals surface area contributed by atoms with Crippen LogP contribution in [-0.4, -0.2) is 21.0 Å². The highest BCUT2D eigenvalue weighted by Crippen LogP contribution is 2.45. The smallest absolute Gasteiger partial charge is 0.231 e. The van der Waals surface area contributed by atoms with Crippen LogP contribution in [0.4, 0.5) is 0 Å². The molecule has 0 amide bonds. The lowest BCUT2D eigenvalue weighted by Crippen LogP contribution is -2.30. The van der Waals surface area contributed by atoms with Crippen LogP contribution in [0, 0.1) is 0 Å². The lowest BCUT2D eigenvalue weighted by atomic mass is 9.96. The molecule has 6 rings (SSSR count). The molecule has 0 bridgehead atoms. The van der Waals surface area contributed by atoms with Crippen LogP contribution in [0.15, 0.2) is 91.1 Å². The number of aromatic nitrogens is 1. The molecule has 0 atom stereocenters. The van der Waals surface area contributed by atoms with E-state index in [1.165, 1.54) is 11.1 Å². The Morgan fingerprint density at radius 2 is 1.47 bits per heavy atom. The summed E-state index contributed by atoms with van der Waals surface area (Å²) < 4.78 is 25.0. The monoisotopic (exact) mass is 476 g/mol. The maximum Gasteiger partial charge on any atom is 0.231 e. The first kappa shape index (κ1) is 22.0. The van der Waals surface area contributed by atoms with Gasteiger partial charge in [-0.15, -0.1) is 0 Å². The zero-order valence-corrected chi connectivity index (χ0v) is 20.4. The quantitative estimate of drug-likeness (QED) is 0.275. The van der Waals surface area contributed by atoms with E-state index in [4.69, 9.17) is 18.9 Å². The van der Waals surface area contributed by atoms with Crippen LogP contribution in [0.5, 0.6) is 23.0 Å². The highest BCUT2D eigenvalue weighted by molar-refractivity contribution is 5.92. The average molecular weight is 477 g/mol. The molecular weight excluding hydrogens is 450 g/mol. The van der Waals surface area contributed by atoms with Gasteiger partial charge in [-0.05, 0) is 46.3 Å². The predicted octanol–water partition coefficient (Wildman–Crippen LogP) is 6.41. The van der Waals surface area contributed by atoms with E-state index in [-0.39, 0.29) is 6.79 Å². The summed E-state index contributed by atoms with van der Waals surface area (Å²) in [6.07, 6.45) is 2.07. The van der Waals surface area contributed by atoms with Gasteiger partial charge in [-0.1, -0.05) is 54.6 Å². The van der Waals surface area contributed by atoms with Gasteiger partial charge in [0, 0.05) is 11.6 Å². The molecule has 4 aromatic carbocycles. The summed E-state index contributed by atoms with van der Waals surface area (Å²) in [6, 6.07) is 29.3. The van der Waals surface area contributed by atoms with Gasteiger partial charge in [0.15, 0.2) is 29.2 Å². The van der Waals surface area contributed by atoms with Crippen molar-refractivity contribution in [1.29, 1.82) is 0 Å². The van der Waals surface area contributed by atoms with Crippen molar-refractivity contribution in [3.05, 3.63) is 91.1 Å². The van der Waals surface area contributed by atoms with Crippen LogP contribution in [0.3, 0.4) is 0 Å². The number of pyridine rings is 1. The Morgan fingerprint density at radius 1 is 0.722 bits per heavy atom. The number of fused-ring (bicyclic) bond motifs is 2. The normalized spacial score (nSPS) is 12.1. The van der Waals surface area contributed by atoms with Gasteiger partial charge >= 0.3 is 0 Å². The van der Waals surface area contributed by atoms with E-state index >= 15 is 0 Å². The third-order valence-electron chi connectivity index (χ3n) is 6.68. The summed E-state index contributed by atoms with van der Waals surface area (Å²) in [5.41, 5.74) is 6.54. The molecule has 0 aliphatic carbocycles. The molecule has 1 aromatic heterocycles. The van der Waals surface area contributed by atoms with Gasteiger partial charge in [0.2, 0.25) is 12.5 Å². The van der Waals surface area contributed by atoms with E-state index in [2.05, 4.69) is 77.5 Å². The number of benzene rings is 4. The van der Waals surface area contributed by atoms with Crippen LogP contribution in [0.2, 0.25) is 0 Å². The molecule has 36 heavy (non-hydrogen) atoms. The highest BCUT2D eigenvalue weighted by Gasteiger charge is 2.24. The second kappa shape index (κ2) is 8.93. The van der Waals surface area contributed by atoms with Gasteiger partial charge in [-0.2, -0.15) is 0 Å². The highest BCUT2D eigenvalue weighted by atomic mass is 16.7. The second-order valence-electron chi connectivity index (χ2n) is 8.77. The van der Waals surface area contributed by atoms with Gasteiger partial charge < -0.3 is 18.9 Å². The lowest BCUT2D eigenvalue weighted by Gasteiger charge is -2.12. The number of nitrogens with zero attached hydrogens (tertiary/aromatic N) is 1. The topological polar surface area (TPSA) is 40.8 Å². The number of aryl methyl sites for hydroxylation is 1. The Kier molecular flexibility index (Phi) is 5.45. The number of hydrogen-bond acceptors (Lipinski definition) is 4. The van der Waals surface area contributed by atoms with E-state index in [9.17, 15) is 0 Å². The van der Waals surface area contributed by atoms with E-state index in [1.54, 1.807) is 14.2 Å². The van der Waals surface area contributed by atoms with Crippen molar-refractivity contribution in [2.45, 2.75) is 0 Å². The molecule has 178 valence electrons. The van der Waals surface area contributed by atoms with Crippen molar-refractivity contribution in [3.63, 3.8) is 0 Å². The van der Waals surface area contributed by atoms with Crippen molar-refractivity contribution >= 4 is 10.8 Å². The molecule has 0 spiro atoms. The van der Waals surface area contributed by atoms with Crippen LogP contribution >= 0.6 is 0 Å². The van der Waals surface area contributed by atoms with Crippen molar-refractivity contribution in [2.24, 2.45) is 7.05 Å². The lowest BCUT2D eigenvalue weighted by molar-refractivity contribution is -0.659. The van der Waals surface area contributed by atoms with Crippen LogP contribution in [-0.2, 0) is 7.05 Å². The summed E-state index contributed by atoms with van der Waals surface area (Å²) in [5, 5.41) is 2.05. The van der Waals surface area contributed by atoms with Crippen molar-refractivity contribution in [2.75, 3.05) is 21.0 Å². The van der Waals surface area contributed by atoms with Gasteiger partial charge in [0.1, 0.15) is 7.05 Å². The number of ether oxygens (including phenoxy) is 4. The summed E-state index contributed by atoms with van der Waals surface area (Å²) in [4.78, 5) is 0. The van der Waals surface area contributed by atoms with Crippen molar-refractivity contribution < 1.29 is 23.5 Å². The molecule has 5 nitrogen and oxygen atoms in total. The maximum absolute atomic E-state index is 5.89. The Balaban J connectivity index is 1.47. The second-order valence-corrected chi connectivity index (χ2v) is 8.77. The molecule has 0 fully saturated rings. The molecule has 0 N–H and O–H groups in total. The van der Waals surface area contributed by atoms with Gasteiger partial charge in [-0.25, -0.2) is 4.57 Å². The molecule has 1 aliphatic heterocycles. The summed E-state index contributed by atoms with van der Waals surface area (Å²) in [6.45, 7) is 0.217.